The maximum atomic E-state index is 13.2. The lowest BCUT2D eigenvalue weighted by Crippen LogP contribution is -2.10. The zero-order valence-corrected chi connectivity index (χ0v) is 10.7. The minimum atomic E-state index is -0.463. The quantitative estimate of drug-likeness (QED) is 0.666. The van der Waals surface area contributed by atoms with E-state index < -0.39 is 5.82 Å². The van der Waals surface area contributed by atoms with E-state index in [4.69, 9.17) is 27.5 Å². The van der Waals surface area contributed by atoms with Crippen LogP contribution in [0.4, 0.5) is 4.39 Å². The molecule has 0 radical (unpaired) electrons. The van der Waals surface area contributed by atoms with Crippen molar-refractivity contribution in [2.24, 2.45) is 5.73 Å². The highest BCUT2D eigenvalue weighted by molar-refractivity contribution is 6.31. The van der Waals surface area contributed by atoms with Crippen molar-refractivity contribution in [1.29, 1.82) is 5.41 Å². The molecule has 0 atom stereocenters. The van der Waals surface area contributed by atoms with Gasteiger partial charge >= 0.3 is 0 Å². The third kappa shape index (κ3) is 3.23. The zero-order valence-electron chi connectivity index (χ0n) is 9.99. The third-order valence-electron chi connectivity index (χ3n) is 2.59. The highest BCUT2D eigenvalue weighted by Crippen LogP contribution is 2.21. The molecule has 0 aliphatic rings. The number of nitrogen functional groups attached to an aromatic ring is 1. The van der Waals surface area contributed by atoms with E-state index in [9.17, 15) is 4.39 Å². The van der Waals surface area contributed by atoms with Crippen LogP contribution in [0.1, 0.15) is 11.1 Å². The largest absolute Gasteiger partial charge is 0.489 e. The smallest absolute Gasteiger partial charge is 0.142 e. The molecule has 0 aliphatic carbocycles. The molecule has 0 aromatic heterocycles. The number of benzene rings is 2. The molecular weight excluding hydrogens is 267 g/mol. The summed E-state index contributed by atoms with van der Waals surface area (Å²) >= 11 is 5.83. The number of nitrogens with two attached hydrogens (primary N) is 1. The maximum absolute atomic E-state index is 13.2. The SMILES string of the molecule is N=C(N)c1ccc(OCc2cccc(F)c2Cl)cc1. The van der Waals surface area contributed by atoms with Crippen molar-refractivity contribution in [2.75, 3.05) is 0 Å². The van der Waals surface area contributed by atoms with Gasteiger partial charge in [0.25, 0.3) is 0 Å². The van der Waals surface area contributed by atoms with Crippen LogP contribution >= 0.6 is 11.6 Å². The molecule has 0 saturated heterocycles. The van der Waals surface area contributed by atoms with E-state index in [2.05, 4.69) is 0 Å². The summed E-state index contributed by atoms with van der Waals surface area (Å²) in [7, 11) is 0. The van der Waals surface area contributed by atoms with Gasteiger partial charge in [0.15, 0.2) is 0 Å². The Kier molecular flexibility index (Phi) is 4.02. The molecule has 0 bridgehead atoms. The molecule has 0 saturated carbocycles. The fraction of sp³-hybridized carbons (Fsp3) is 0.0714. The molecule has 5 heteroatoms. The number of halogens is 2. The first-order chi connectivity index (χ1) is 9.08. The van der Waals surface area contributed by atoms with Gasteiger partial charge in [-0.2, -0.15) is 0 Å². The standard InChI is InChI=1S/C14H12ClFN2O/c15-13-10(2-1-3-12(13)16)8-19-11-6-4-9(5-7-11)14(17)18/h1-7H,8H2,(H3,17,18). The molecule has 0 heterocycles. The Bertz CT molecular complexity index is 599. The highest BCUT2D eigenvalue weighted by atomic mass is 35.5. The van der Waals surface area contributed by atoms with Crippen LogP contribution in [0.3, 0.4) is 0 Å². The van der Waals surface area contributed by atoms with E-state index in [1.807, 2.05) is 0 Å². The van der Waals surface area contributed by atoms with Gasteiger partial charge < -0.3 is 10.5 Å². The number of hydrogen-bond acceptors (Lipinski definition) is 2. The Morgan fingerprint density at radius 3 is 2.53 bits per heavy atom. The number of nitrogens with one attached hydrogen (secondary N) is 1. The Hall–Kier alpha value is -2.07. The normalized spacial score (nSPS) is 10.2. The van der Waals surface area contributed by atoms with Crippen molar-refractivity contribution in [1.82, 2.24) is 0 Å². The molecule has 2 aromatic carbocycles. The molecule has 0 spiro atoms. The maximum Gasteiger partial charge on any atom is 0.142 e. The van der Waals surface area contributed by atoms with E-state index in [1.54, 1.807) is 36.4 Å². The summed E-state index contributed by atoms with van der Waals surface area (Å²) in [6.07, 6.45) is 0. The second kappa shape index (κ2) is 5.71. The average Bonchev–Trinajstić information content (AvgIpc) is 2.41. The zero-order chi connectivity index (χ0) is 13.8. The summed E-state index contributed by atoms with van der Waals surface area (Å²) in [5.41, 5.74) is 6.55. The van der Waals surface area contributed by atoms with Crippen LogP contribution in [0.5, 0.6) is 5.75 Å². The van der Waals surface area contributed by atoms with Crippen molar-refractivity contribution >= 4 is 17.4 Å². The summed E-state index contributed by atoms with van der Waals surface area (Å²) in [6, 6.07) is 11.4. The molecule has 3 nitrogen and oxygen atoms in total. The molecule has 19 heavy (non-hydrogen) atoms. The van der Waals surface area contributed by atoms with Gasteiger partial charge in [0, 0.05) is 11.1 Å². The molecule has 0 unspecified atom stereocenters. The topological polar surface area (TPSA) is 59.1 Å². The molecule has 0 aliphatic heterocycles. The summed E-state index contributed by atoms with van der Waals surface area (Å²) in [4.78, 5) is 0. The van der Waals surface area contributed by atoms with Gasteiger partial charge in [0.2, 0.25) is 0 Å². The lowest BCUT2D eigenvalue weighted by Gasteiger charge is -2.08. The second-order valence-corrected chi connectivity index (χ2v) is 4.32. The summed E-state index contributed by atoms with van der Waals surface area (Å²) < 4.78 is 18.7. The first kappa shape index (κ1) is 13.4. The Labute approximate surface area is 115 Å². The van der Waals surface area contributed by atoms with Crippen LogP contribution in [-0.2, 0) is 6.61 Å². The van der Waals surface area contributed by atoms with Crippen molar-refractivity contribution in [3.05, 3.63) is 64.4 Å². The van der Waals surface area contributed by atoms with Crippen molar-refractivity contribution < 1.29 is 9.13 Å². The van der Waals surface area contributed by atoms with Gasteiger partial charge in [-0.05, 0) is 30.3 Å². The van der Waals surface area contributed by atoms with Crippen LogP contribution in [0.25, 0.3) is 0 Å². The van der Waals surface area contributed by atoms with Gasteiger partial charge in [-0.3, -0.25) is 5.41 Å². The third-order valence-corrected chi connectivity index (χ3v) is 3.01. The minimum absolute atomic E-state index is 0.000255. The summed E-state index contributed by atoms with van der Waals surface area (Å²) in [6.45, 7) is 0.177. The van der Waals surface area contributed by atoms with E-state index in [1.165, 1.54) is 6.07 Å². The molecule has 2 aromatic rings. The average molecular weight is 279 g/mol. The van der Waals surface area contributed by atoms with E-state index >= 15 is 0 Å². The number of amidine groups is 1. The van der Waals surface area contributed by atoms with E-state index in [0.717, 1.165) is 0 Å². The van der Waals surface area contributed by atoms with Gasteiger partial charge in [0.1, 0.15) is 24.0 Å². The molecule has 2 rings (SSSR count). The number of hydrogen-bond donors (Lipinski definition) is 2. The Morgan fingerprint density at radius 1 is 1.21 bits per heavy atom. The van der Waals surface area contributed by atoms with Gasteiger partial charge in [-0.15, -0.1) is 0 Å². The van der Waals surface area contributed by atoms with Crippen molar-refractivity contribution in [3.63, 3.8) is 0 Å². The van der Waals surface area contributed by atoms with Crippen LogP contribution in [0.2, 0.25) is 5.02 Å². The van der Waals surface area contributed by atoms with Crippen molar-refractivity contribution in [2.45, 2.75) is 6.61 Å². The molecule has 0 amide bonds. The highest BCUT2D eigenvalue weighted by Gasteiger charge is 2.06. The predicted octanol–water partition coefficient (Wildman–Crippen LogP) is 3.34. The van der Waals surface area contributed by atoms with E-state index in [-0.39, 0.29) is 17.5 Å². The number of rotatable bonds is 4. The monoisotopic (exact) mass is 278 g/mol. The fourth-order valence-corrected chi connectivity index (χ4v) is 1.73. The first-order valence-corrected chi connectivity index (χ1v) is 5.96. The molecule has 98 valence electrons. The summed E-state index contributed by atoms with van der Waals surface area (Å²) in [5.74, 6) is 0.139. The fourth-order valence-electron chi connectivity index (χ4n) is 1.55. The Balaban J connectivity index is 2.06. The van der Waals surface area contributed by atoms with Gasteiger partial charge in [0.05, 0.1) is 5.02 Å². The first-order valence-electron chi connectivity index (χ1n) is 5.58. The van der Waals surface area contributed by atoms with Crippen LogP contribution < -0.4 is 10.5 Å². The predicted molar refractivity (Wildman–Crippen MR) is 73.2 cm³/mol. The lowest BCUT2D eigenvalue weighted by molar-refractivity contribution is 0.305. The van der Waals surface area contributed by atoms with Gasteiger partial charge in [-0.1, -0.05) is 23.7 Å². The molecule has 3 N–H and O–H groups in total. The van der Waals surface area contributed by atoms with Crippen LogP contribution in [0, 0.1) is 11.2 Å². The molecule has 0 fully saturated rings. The number of ether oxygens (including phenoxy) is 1. The molecular formula is C14H12ClFN2O. The van der Waals surface area contributed by atoms with E-state index in [0.29, 0.717) is 16.9 Å². The summed E-state index contributed by atoms with van der Waals surface area (Å²) in [5, 5.41) is 7.34. The lowest BCUT2D eigenvalue weighted by atomic mass is 10.2. The minimum Gasteiger partial charge on any atom is -0.489 e. The van der Waals surface area contributed by atoms with Crippen LogP contribution in [-0.4, -0.2) is 5.84 Å². The van der Waals surface area contributed by atoms with Crippen molar-refractivity contribution in [3.8, 4) is 5.75 Å². The Morgan fingerprint density at radius 2 is 1.89 bits per heavy atom. The van der Waals surface area contributed by atoms with Gasteiger partial charge in [-0.25, -0.2) is 4.39 Å². The van der Waals surface area contributed by atoms with Crippen LogP contribution in [0.15, 0.2) is 42.5 Å². The second-order valence-electron chi connectivity index (χ2n) is 3.94.